The Morgan fingerprint density at radius 1 is 0.842 bits per heavy atom. The molecule has 0 spiro atoms. The third kappa shape index (κ3) is 8.60. The van der Waals surface area contributed by atoms with Crippen LogP contribution in [-0.2, 0) is 24.5 Å². The van der Waals surface area contributed by atoms with Crippen molar-refractivity contribution >= 4 is 8.32 Å². The molecule has 4 nitrogen and oxygen atoms in total. The predicted molar refractivity (Wildman–Crippen MR) is 77.4 cm³/mol. The maximum atomic E-state index is 10.1. The van der Waals surface area contributed by atoms with Crippen LogP contribution in [0.1, 0.15) is 59.8 Å². The van der Waals surface area contributed by atoms with Gasteiger partial charge >= 0.3 is 125 Å². The second kappa shape index (κ2) is 10.5. The zero-order valence-electron chi connectivity index (χ0n) is 13.1. The molecule has 0 atom stereocenters. The fourth-order valence-corrected chi connectivity index (χ4v) is 12.0. The molecule has 0 radical (unpaired) electrons. The molecule has 0 aliphatic carbocycles. The van der Waals surface area contributed by atoms with E-state index in [1.165, 1.54) is 0 Å². The van der Waals surface area contributed by atoms with Gasteiger partial charge in [-0.2, -0.15) is 0 Å². The summed E-state index contributed by atoms with van der Waals surface area (Å²) in [7, 11) is -2.03. The summed E-state index contributed by atoms with van der Waals surface area (Å²) in [6.07, 6.45) is 4.96. The molecule has 0 aromatic carbocycles. The van der Waals surface area contributed by atoms with E-state index < -0.39 is 26.5 Å². The van der Waals surface area contributed by atoms with Crippen molar-refractivity contribution < 1.29 is 31.8 Å². The van der Waals surface area contributed by atoms with E-state index in [1.807, 2.05) is 0 Å². The fraction of sp³-hybridized carbons (Fsp3) is 1.00. The van der Waals surface area contributed by atoms with E-state index in [2.05, 4.69) is 27.7 Å². The first-order valence-electron chi connectivity index (χ1n) is 7.74. The van der Waals surface area contributed by atoms with Crippen molar-refractivity contribution in [1.29, 1.82) is 0 Å². The average Bonchev–Trinajstić information content (AvgIpc) is 2.29. The van der Waals surface area contributed by atoms with Gasteiger partial charge in [-0.25, -0.2) is 0 Å². The van der Waals surface area contributed by atoms with E-state index in [0.717, 1.165) is 50.2 Å². The first-order chi connectivity index (χ1) is 8.95. The summed E-state index contributed by atoms with van der Waals surface area (Å²) >= 11 is -4.46. The Bertz CT molecular complexity index is 210. The molecule has 0 amide bonds. The monoisotopic (exact) mass is 328 g/mol. The molecule has 0 aromatic rings. The van der Waals surface area contributed by atoms with Crippen LogP contribution in [0.2, 0.25) is 18.1 Å². The van der Waals surface area contributed by atoms with E-state index in [-0.39, 0.29) is 0 Å². The van der Waals surface area contributed by atoms with Gasteiger partial charge in [0.25, 0.3) is 0 Å². The number of hydrogen-bond acceptors (Lipinski definition) is 4. The summed E-state index contributed by atoms with van der Waals surface area (Å²) in [5.74, 6) is 0. The van der Waals surface area contributed by atoms with Crippen LogP contribution in [-0.4, -0.2) is 22.3 Å². The van der Waals surface area contributed by atoms with Crippen LogP contribution in [0.5, 0.6) is 0 Å². The minimum absolute atomic E-state index is 0.401. The van der Waals surface area contributed by atoms with Crippen molar-refractivity contribution in [2.24, 2.45) is 0 Å². The topological polar surface area (TPSA) is 58.9 Å². The fourth-order valence-electron chi connectivity index (χ4n) is 2.56. The summed E-state index contributed by atoms with van der Waals surface area (Å²) < 4.78 is 31.4. The molecule has 0 bridgehead atoms. The van der Waals surface area contributed by atoms with Gasteiger partial charge in [-0.3, -0.25) is 0 Å². The van der Waals surface area contributed by atoms with Crippen molar-refractivity contribution in [3.63, 3.8) is 0 Å². The Labute approximate surface area is 124 Å². The van der Waals surface area contributed by atoms with Gasteiger partial charge < -0.3 is 0 Å². The Morgan fingerprint density at radius 3 is 1.68 bits per heavy atom. The van der Waals surface area contributed by atoms with Crippen molar-refractivity contribution in [2.45, 2.75) is 77.9 Å². The molecular formula is C13H32O4SiTi. The average molecular weight is 328 g/mol. The molecule has 0 aliphatic heterocycles. The van der Waals surface area contributed by atoms with Gasteiger partial charge in [-0.05, 0) is 0 Å². The van der Waals surface area contributed by atoms with E-state index in [0.29, 0.717) is 6.61 Å². The normalized spacial score (nSPS) is 12.9. The summed E-state index contributed by atoms with van der Waals surface area (Å²) in [5, 5.41) is 0. The second-order valence-electron chi connectivity index (χ2n) is 5.29. The van der Waals surface area contributed by atoms with Crippen molar-refractivity contribution in [2.75, 3.05) is 6.61 Å². The van der Waals surface area contributed by atoms with Crippen LogP contribution < -0.4 is 0 Å². The molecule has 116 valence electrons. The third-order valence-electron chi connectivity index (χ3n) is 3.25. The van der Waals surface area contributed by atoms with Gasteiger partial charge in [-0.1, -0.05) is 0 Å². The van der Waals surface area contributed by atoms with Crippen molar-refractivity contribution in [3.8, 4) is 0 Å². The standard InChI is InChI=1S/C9H21OSi.C4H9O.2H2O.Ti/c1-4-7-11(10,8-5-2)9-6-3;1-2-3-4-5;;;/h4-9H2,1-3H3;2-4H2,1H3;2*1H2;/q2*-1;;;+4/p-2. The SMILES string of the molecule is CCCC[O][Ti]([OH])([OH])[O][Si](CCC)(CCC)CCC. The van der Waals surface area contributed by atoms with E-state index in [1.54, 1.807) is 0 Å². The third-order valence-corrected chi connectivity index (χ3v) is 12.4. The van der Waals surface area contributed by atoms with Gasteiger partial charge in [0.1, 0.15) is 0 Å². The van der Waals surface area contributed by atoms with E-state index in [4.69, 9.17) is 6.33 Å². The summed E-state index contributed by atoms with van der Waals surface area (Å²) in [4.78, 5) is 0. The van der Waals surface area contributed by atoms with Gasteiger partial charge in [0.2, 0.25) is 0 Å². The van der Waals surface area contributed by atoms with Crippen LogP contribution in [0.15, 0.2) is 0 Å². The Balaban J connectivity index is 4.65. The zero-order chi connectivity index (χ0) is 14.8. The Morgan fingerprint density at radius 2 is 1.32 bits per heavy atom. The molecule has 0 rings (SSSR count). The van der Waals surface area contributed by atoms with Gasteiger partial charge in [0.05, 0.1) is 0 Å². The zero-order valence-corrected chi connectivity index (χ0v) is 15.6. The first-order valence-corrected chi connectivity index (χ1v) is 12.9. The number of unbranched alkanes of at least 4 members (excludes halogenated alkanes) is 1. The second-order valence-corrected chi connectivity index (χ2v) is 12.5. The van der Waals surface area contributed by atoms with E-state index in [9.17, 15) is 7.38 Å². The molecule has 0 saturated heterocycles. The van der Waals surface area contributed by atoms with Crippen LogP contribution in [0.25, 0.3) is 0 Å². The Kier molecular flexibility index (Phi) is 10.9. The molecule has 0 saturated carbocycles. The van der Waals surface area contributed by atoms with Gasteiger partial charge in [0.15, 0.2) is 0 Å². The molecule has 0 aromatic heterocycles. The molecular weight excluding hydrogens is 296 g/mol. The van der Waals surface area contributed by atoms with Crippen molar-refractivity contribution in [3.05, 3.63) is 0 Å². The van der Waals surface area contributed by atoms with Crippen LogP contribution in [0.3, 0.4) is 0 Å². The van der Waals surface area contributed by atoms with Crippen LogP contribution in [0, 0.1) is 0 Å². The Hall–Kier alpha value is 0.771. The molecule has 0 aliphatic rings. The van der Waals surface area contributed by atoms with Crippen LogP contribution in [0.4, 0.5) is 0 Å². The molecule has 0 unspecified atom stereocenters. The minimum atomic E-state index is -4.46. The van der Waals surface area contributed by atoms with Crippen molar-refractivity contribution in [1.82, 2.24) is 0 Å². The predicted octanol–water partition coefficient (Wildman–Crippen LogP) is 3.79. The van der Waals surface area contributed by atoms with Gasteiger partial charge in [-0.15, -0.1) is 0 Å². The van der Waals surface area contributed by atoms with E-state index >= 15 is 0 Å². The quantitative estimate of drug-likeness (QED) is 0.423. The summed E-state index contributed by atoms with van der Waals surface area (Å²) in [6, 6.07) is 3.00. The molecule has 19 heavy (non-hydrogen) atoms. The number of rotatable bonds is 12. The summed E-state index contributed by atoms with van der Waals surface area (Å²) in [6.45, 7) is 8.86. The molecule has 0 fully saturated rings. The molecule has 0 heterocycles. The van der Waals surface area contributed by atoms with Crippen LogP contribution >= 0.6 is 0 Å². The maximum absolute atomic E-state index is 10.1. The van der Waals surface area contributed by atoms with Gasteiger partial charge in [0, 0.05) is 0 Å². The summed E-state index contributed by atoms with van der Waals surface area (Å²) in [5.41, 5.74) is 0. The molecule has 6 heteroatoms. The number of hydrogen-bond donors (Lipinski definition) is 2. The first kappa shape index (κ1) is 19.8. The molecule has 2 N–H and O–H groups in total.